The van der Waals surface area contributed by atoms with Crippen molar-refractivity contribution >= 4 is 17.3 Å². The lowest BCUT2D eigenvalue weighted by Crippen LogP contribution is -2.35. The molecule has 1 N–H and O–H groups in total. The van der Waals surface area contributed by atoms with Crippen LogP contribution in [0.2, 0.25) is 0 Å². The minimum atomic E-state index is -0.0852. The number of rotatable bonds is 8. The monoisotopic (exact) mass is 482 g/mol. The minimum absolute atomic E-state index is 0.0852. The van der Waals surface area contributed by atoms with Gasteiger partial charge in [0.05, 0.1) is 12.7 Å². The number of carbonyl (C=O) groups is 1. The van der Waals surface area contributed by atoms with Gasteiger partial charge in [-0.1, -0.05) is 12.1 Å². The summed E-state index contributed by atoms with van der Waals surface area (Å²) in [5, 5.41) is 3.04. The Balaban J connectivity index is 1.03. The number of hydrogen-bond acceptors (Lipinski definition) is 5. The van der Waals surface area contributed by atoms with Crippen LogP contribution in [0.1, 0.15) is 47.2 Å². The van der Waals surface area contributed by atoms with E-state index in [-0.39, 0.29) is 5.91 Å². The molecule has 6 rings (SSSR count). The van der Waals surface area contributed by atoms with Crippen molar-refractivity contribution in [2.24, 2.45) is 5.92 Å². The zero-order valence-electron chi connectivity index (χ0n) is 20.7. The number of anilines is 2. The highest BCUT2D eigenvalue weighted by molar-refractivity contribution is 6.04. The molecule has 1 aliphatic carbocycles. The molecule has 36 heavy (non-hydrogen) atoms. The Morgan fingerprint density at radius 2 is 1.69 bits per heavy atom. The first kappa shape index (κ1) is 23.2. The number of pyridine rings is 1. The van der Waals surface area contributed by atoms with Crippen molar-refractivity contribution in [1.82, 2.24) is 9.88 Å². The molecule has 0 unspecified atom stereocenters. The maximum Gasteiger partial charge on any atom is 0.255 e. The summed E-state index contributed by atoms with van der Waals surface area (Å²) in [6.45, 7) is 4.95. The number of benzene rings is 2. The van der Waals surface area contributed by atoms with E-state index in [2.05, 4.69) is 44.4 Å². The molecule has 2 atom stereocenters. The first-order valence-electron chi connectivity index (χ1n) is 13.2. The van der Waals surface area contributed by atoms with Gasteiger partial charge in [-0.05, 0) is 91.3 Å². The van der Waals surface area contributed by atoms with Crippen molar-refractivity contribution in [2.75, 3.05) is 29.9 Å². The van der Waals surface area contributed by atoms with Gasteiger partial charge in [0.1, 0.15) is 0 Å². The average molecular weight is 483 g/mol. The molecule has 186 valence electrons. The first-order valence-corrected chi connectivity index (χ1v) is 13.2. The van der Waals surface area contributed by atoms with E-state index >= 15 is 0 Å². The predicted molar refractivity (Wildman–Crippen MR) is 142 cm³/mol. The number of amides is 1. The van der Waals surface area contributed by atoms with Gasteiger partial charge in [0.2, 0.25) is 0 Å². The molecule has 1 aromatic heterocycles. The van der Waals surface area contributed by atoms with E-state index in [9.17, 15) is 4.79 Å². The number of fused-ring (bicyclic) bond motifs is 1. The Bertz CT molecular complexity index is 1160. The second-order valence-electron chi connectivity index (χ2n) is 10.4. The van der Waals surface area contributed by atoms with Gasteiger partial charge in [0, 0.05) is 61.6 Å². The fraction of sp³-hybridized carbons (Fsp3) is 0.400. The fourth-order valence-corrected chi connectivity index (χ4v) is 5.69. The zero-order valence-corrected chi connectivity index (χ0v) is 20.7. The summed E-state index contributed by atoms with van der Waals surface area (Å²) in [6, 6.07) is 20.8. The second kappa shape index (κ2) is 10.4. The number of carbonyl (C=O) groups excluding carboxylic acids is 1. The molecule has 3 fully saturated rings. The Morgan fingerprint density at radius 3 is 2.42 bits per heavy atom. The van der Waals surface area contributed by atoms with Crippen molar-refractivity contribution in [2.45, 2.75) is 51.0 Å². The average Bonchev–Trinajstić information content (AvgIpc) is 3.45. The van der Waals surface area contributed by atoms with Crippen LogP contribution in [0.3, 0.4) is 0 Å². The maximum absolute atomic E-state index is 12.8. The fourth-order valence-electron chi connectivity index (χ4n) is 5.69. The Morgan fingerprint density at radius 1 is 0.917 bits per heavy atom. The van der Waals surface area contributed by atoms with Crippen LogP contribution in [0.4, 0.5) is 11.4 Å². The number of likely N-dealkylation sites (tertiary alicyclic amines) is 1. The number of nitrogens with zero attached hydrogens (tertiary/aromatic N) is 3. The summed E-state index contributed by atoms with van der Waals surface area (Å²) in [6.07, 6.45) is 9.01. The molecule has 1 saturated carbocycles. The van der Waals surface area contributed by atoms with Gasteiger partial charge in [-0.15, -0.1) is 0 Å². The molecule has 0 spiro atoms. The van der Waals surface area contributed by atoms with Crippen LogP contribution in [0.5, 0.6) is 0 Å². The van der Waals surface area contributed by atoms with Crippen LogP contribution >= 0.6 is 0 Å². The van der Waals surface area contributed by atoms with E-state index in [1.165, 1.54) is 36.9 Å². The van der Waals surface area contributed by atoms with Gasteiger partial charge in [-0.3, -0.25) is 14.7 Å². The third-order valence-corrected chi connectivity index (χ3v) is 7.99. The normalized spacial score (nSPS) is 21.8. The molecule has 3 heterocycles. The predicted octanol–water partition coefficient (Wildman–Crippen LogP) is 5.11. The minimum Gasteiger partial charge on any atom is -0.374 e. The maximum atomic E-state index is 12.8. The third-order valence-electron chi connectivity index (χ3n) is 7.99. The van der Waals surface area contributed by atoms with Crippen molar-refractivity contribution in [1.29, 1.82) is 0 Å². The molecule has 3 aliphatic rings. The van der Waals surface area contributed by atoms with E-state index in [1.54, 1.807) is 0 Å². The smallest absolute Gasteiger partial charge is 0.255 e. The van der Waals surface area contributed by atoms with Crippen molar-refractivity contribution < 1.29 is 9.53 Å². The molecule has 1 amide bonds. The van der Waals surface area contributed by atoms with Gasteiger partial charge in [-0.2, -0.15) is 0 Å². The third kappa shape index (κ3) is 5.15. The summed E-state index contributed by atoms with van der Waals surface area (Å²) >= 11 is 0. The van der Waals surface area contributed by atoms with Crippen LogP contribution in [0, 0.1) is 5.92 Å². The van der Waals surface area contributed by atoms with Gasteiger partial charge >= 0.3 is 0 Å². The highest BCUT2D eigenvalue weighted by Gasteiger charge is 2.41. The molecule has 0 bridgehead atoms. The quantitative estimate of drug-likeness (QED) is 0.483. The zero-order chi connectivity index (χ0) is 24.3. The largest absolute Gasteiger partial charge is 0.374 e. The second-order valence-corrected chi connectivity index (χ2v) is 10.4. The number of hydrogen-bond donors (Lipinski definition) is 1. The standard InChI is InChI=1S/C30H34N4O2/c35-30(24-6-4-23(5-7-24)21-36-28-2-1-3-28)32-26-8-10-27(11-9-26)34-17-14-25-19-33(20-29(25)34)18-22-12-15-31-16-13-22/h4-13,15-16,25,28-29H,1-3,14,17-21H2,(H,32,35)/t25-,29+/m1/s1. The Hall–Kier alpha value is -3.22. The van der Waals surface area contributed by atoms with Gasteiger partial charge in [0.25, 0.3) is 5.91 Å². The van der Waals surface area contributed by atoms with Crippen LogP contribution in [0.15, 0.2) is 73.1 Å². The molecule has 6 nitrogen and oxygen atoms in total. The number of aromatic nitrogens is 1. The van der Waals surface area contributed by atoms with Gasteiger partial charge < -0.3 is 15.0 Å². The summed E-state index contributed by atoms with van der Waals surface area (Å²) in [4.78, 5) is 22.0. The summed E-state index contributed by atoms with van der Waals surface area (Å²) in [5.41, 5.74) is 5.16. The Kier molecular flexibility index (Phi) is 6.71. The van der Waals surface area contributed by atoms with Gasteiger partial charge in [0.15, 0.2) is 0 Å². The summed E-state index contributed by atoms with van der Waals surface area (Å²) in [7, 11) is 0. The van der Waals surface area contributed by atoms with E-state index < -0.39 is 0 Å². The van der Waals surface area contributed by atoms with Crippen molar-refractivity contribution in [3.05, 3.63) is 89.7 Å². The van der Waals surface area contributed by atoms with E-state index in [1.807, 2.05) is 48.8 Å². The molecule has 2 saturated heterocycles. The molecule has 2 aliphatic heterocycles. The van der Waals surface area contributed by atoms with E-state index in [0.717, 1.165) is 37.4 Å². The summed E-state index contributed by atoms with van der Waals surface area (Å²) < 4.78 is 5.86. The highest BCUT2D eigenvalue weighted by Crippen LogP contribution is 2.36. The molecular weight excluding hydrogens is 448 g/mol. The SMILES string of the molecule is O=C(Nc1ccc(N2CC[C@@H]3CN(Cc4ccncc4)C[C@@H]32)cc1)c1ccc(COC2CCC2)cc1. The van der Waals surface area contributed by atoms with E-state index in [4.69, 9.17) is 4.74 Å². The number of nitrogens with one attached hydrogen (secondary N) is 1. The van der Waals surface area contributed by atoms with Gasteiger partial charge in [-0.25, -0.2) is 0 Å². The lowest BCUT2D eigenvalue weighted by molar-refractivity contribution is -0.00866. The first-order chi connectivity index (χ1) is 17.7. The molecule has 2 aromatic carbocycles. The molecular formula is C30H34N4O2. The topological polar surface area (TPSA) is 57.7 Å². The Labute approximate surface area is 213 Å². The van der Waals surface area contributed by atoms with E-state index in [0.29, 0.717) is 30.2 Å². The molecule has 3 aromatic rings. The lowest BCUT2D eigenvalue weighted by atomic mass is 9.96. The van der Waals surface area contributed by atoms with Crippen molar-refractivity contribution in [3.8, 4) is 0 Å². The summed E-state index contributed by atoms with van der Waals surface area (Å²) in [5.74, 6) is 0.631. The molecule has 0 radical (unpaired) electrons. The highest BCUT2D eigenvalue weighted by atomic mass is 16.5. The number of ether oxygens (including phenoxy) is 1. The lowest BCUT2D eigenvalue weighted by Gasteiger charge is -2.27. The van der Waals surface area contributed by atoms with Crippen LogP contribution in [0.25, 0.3) is 0 Å². The van der Waals surface area contributed by atoms with Crippen LogP contribution in [-0.2, 0) is 17.9 Å². The van der Waals surface area contributed by atoms with Crippen LogP contribution < -0.4 is 10.2 Å². The van der Waals surface area contributed by atoms with Crippen LogP contribution in [-0.4, -0.2) is 47.6 Å². The van der Waals surface area contributed by atoms with Crippen molar-refractivity contribution in [3.63, 3.8) is 0 Å². The molecule has 6 heteroatoms.